The molecular weight excluding hydrogens is 285 g/mol. The molecule has 0 aromatic heterocycles. The molecule has 1 aromatic rings. The molecule has 0 radical (unpaired) electrons. The summed E-state index contributed by atoms with van der Waals surface area (Å²) in [6.07, 6.45) is 0. The molecule has 0 aliphatic carbocycles. The van der Waals surface area contributed by atoms with Crippen LogP contribution in [-0.4, -0.2) is 23.9 Å². The van der Waals surface area contributed by atoms with E-state index in [9.17, 15) is 4.39 Å². The van der Waals surface area contributed by atoms with Crippen molar-refractivity contribution in [2.45, 2.75) is 19.4 Å². The summed E-state index contributed by atoms with van der Waals surface area (Å²) in [4.78, 5) is 6.15. The Morgan fingerprint density at radius 1 is 1.59 bits per heavy atom. The van der Waals surface area contributed by atoms with E-state index in [-0.39, 0.29) is 5.82 Å². The topological polar surface area (TPSA) is 41.6 Å². The molecule has 0 saturated heterocycles. The third-order valence-electron chi connectivity index (χ3n) is 3.25. The number of nitrogens with zero attached hydrogens (tertiary/aromatic N) is 2. The first-order chi connectivity index (χ1) is 7.99. The molecule has 1 aliphatic rings. The molecule has 17 heavy (non-hydrogen) atoms. The minimum atomic E-state index is -0.483. The van der Waals surface area contributed by atoms with E-state index in [0.717, 1.165) is 4.47 Å². The van der Waals surface area contributed by atoms with Crippen LogP contribution < -0.4 is 5.73 Å². The fraction of sp³-hybridized carbons (Fsp3) is 0.417. The molecule has 2 N–H and O–H groups in total. The number of benzene rings is 1. The largest absolute Gasteiger partial charge is 0.370 e. The molecule has 0 spiro atoms. The Morgan fingerprint density at radius 2 is 2.29 bits per heavy atom. The van der Waals surface area contributed by atoms with E-state index in [1.165, 1.54) is 6.07 Å². The van der Waals surface area contributed by atoms with Crippen LogP contribution in [0.3, 0.4) is 0 Å². The van der Waals surface area contributed by atoms with Crippen LogP contribution in [0.2, 0.25) is 0 Å². The molecule has 92 valence electrons. The Morgan fingerprint density at radius 3 is 2.88 bits per heavy atom. The molecule has 2 rings (SSSR count). The van der Waals surface area contributed by atoms with E-state index >= 15 is 0 Å². The van der Waals surface area contributed by atoms with Crippen molar-refractivity contribution in [1.29, 1.82) is 0 Å². The molecular formula is C12H15BrFN3. The summed E-state index contributed by atoms with van der Waals surface area (Å²) in [5.74, 6) is 0.252. The number of nitrogens with two attached hydrogens (primary N) is 1. The molecule has 0 bridgehead atoms. The van der Waals surface area contributed by atoms with Gasteiger partial charge in [0, 0.05) is 16.6 Å². The van der Waals surface area contributed by atoms with Gasteiger partial charge in [0.15, 0.2) is 5.96 Å². The smallest absolute Gasteiger partial charge is 0.192 e. The van der Waals surface area contributed by atoms with Gasteiger partial charge in [0.1, 0.15) is 5.82 Å². The molecule has 0 amide bonds. The van der Waals surface area contributed by atoms with E-state index in [2.05, 4.69) is 20.9 Å². The van der Waals surface area contributed by atoms with Gasteiger partial charge >= 0.3 is 0 Å². The van der Waals surface area contributed by atoms with Gasteiger partial charge in [0.2, 0.25) is 0 Å². The lowest BCUT2D eigenvalue weighted by Crippen LogP contribution is -2.47. The Balaban J connectivity index is 2.46. The highest BCUT2D eigenvalue weighted by Crippen LogP contribution is 2.34. The molecule has 1 heterocycles. The summed E-state index contributed by atoms with van der Waals surface area (Å²) in [7, 11) is 0. The third kappa shape index (κ3) is 1.92. The first-order valence-electron chi connectivity index (χ1n) is 5.52. The van der Waals surface area contributed by atoms with Crippen LogP contribution in [0, 0.1) is 5.82 Å². The number of aliphatic imine (C=N–C) groups is 1. The molecule has 5 heteroatoms. The highest BCUT2D eigenvalue weighted by molar-refractivity contribution is 9.10. The van der Waals surface area contributed by atoms with Gasteiger partial charge in [-0.3, -0.25) is 4.99 Å². The highest BCUT2D eigenvalue weighted by atomic mass is 79.9. The highest BCUT2D eigenvalue weighted by Gasteiger charge is 2.40. The summed E-state index contributed by atoms with van der Waals surface area (Å²) < 4.78 is 14.8. The second kappa shape index (κ2) is 4.29. The van der Waals surface area contributed by atoms with Gasteiger partial charge < -0.3 is 10.6 Å². The molecule has 1 aliphatic heterocycles. The number of guanidine groups is 1. The molecule has 1 unspecified atom stereocenters. The van der Waals surface area contributed by atoms with Gasteiger partial charge in [-0.2, -0.15) is 0 Å². The summed E-state index contributed by atoms with van der Waals surface area (Å²) in [5, 5.41) is 0. The quantitative estimate of drug-likeness (QED) is 0.911. The fourth-order valence-electron chi connectivity index (χ4n) is 2.33. The Hall–Kier alpha value is -1.10. The average Bonchev–Trinajstić information content (AvgIpc) is 2.55. The minimum Gasteiger partial charge on any atom is -0.370 e. The lowest BCUT2D eigenvalue weighted by atomic mass is 9.90. The third-order valence-corrected chi connectivity index (χ3v) is 3.74. The summed E-state index contributed by atoms with van der Waals surface area (Å²) >= 11 is 3.26. The number of halogens is 2. The van der Waals surface area contributed by atoms with Crippen molar-refractivity contribution >= 4 is 21.9 Å². The van der Waals surface area contributed by atoms with E-state index in [1.807, 2.05) is 24.8 Å². The van der Waals surface area contributed by atoms with Gasteiger partial charge in [-0.15, -0.1) is 0 Å². The van der Waals surface area contributed by atoms with Crippen molar-refractivity contribution in [3.63, 3.8) is 0 Å². The second-order valence-corrected chi connectivity index (χ2v) is 5.23. The number of hydrogen-bond acceptors (Lipinski definition) is 3. The fourth-order valence-corrected chi connectivity index (χ4v) is 2.66. The van der Waals surface area contributed by atoms with Gasteiger partial charge in [0.05, 0.1) is 12.1 Å². The van der Waals surface area contributed by atoms with Crippen LogP contribution in [0.4, 0.5) is 4.39 Å². The zero-order valence-electron chi connectivity index (χ0n) is 9.87. The summed E-state index contributed by atoms with van der Waals surface area (Å²) in [6, 6.07) is 5.10. The minimum absolute atomic E-state index is 0.231. The number of likely N-dealkylation sites (N-methyl/N-ethyl adjacent to an activating group) is 1. The van der Waals surface area contributed by atoms with Gasteiger partial charge in [-0.1, -0.05) is 22.0 Å². The van der Waals surface area contributed by atoms with Crippen LogP contribution in [0.15, 0.2) is 27.7 Å². The maximum Gasteiger partial charge on any atom is 0.192 e. The first kappa shape index (κ1) is 12.4. The Bertz CT molecular complexity index is 475. The van der Waals surface area contributed by atoms with Crippen LogP contribution in [-0.2, 0) is 5.54 Å². The standard InChI is InChI=1S/C12H15BrFN3/c1-3-17-11(15)16-7-12(17,2)9-5-4-8(13)6-10(9)14/h4-6H,3,7H2,1-2H3,(H2,15,16). The van der Waals surface area contributed by atoms with Crippen LogP contribution in [0.5, 0.6) is 0 Å². The van der Waals surface area contributed by atoms with E-state index in [1.54, 1.807) is 6.07 Å². The SMILES string of the molecule is CCN1C(N)=NCC1(C)c1ccc(Br)cc1F. The summed E-state index contributed by atoms with van der Waals surface area (Å²) in [6.45, 7) is 5.15. The first-order valence-corrected chi connectivity index (χ1v) is 6.31. The number of hydrogen-bond donors (Lipinski definition) is 1. The molecule has 1 aromatic carbocycles. The van der Waals surface area contributed by atoms with Crippen molar-refractivity contribution in [3.8, 4) is 0 Å². The second-order valence-electron chi connectivity index (χ2n) is 4.32. The zero-order chi connectivity index (χ0) is 12.6. The normalized spacial score (nSPS) is 24.0. The van der Waals surface area contributed by atoms with Gasteiger partial charge in [-0.25, -0.2) is 4.39 Å². The summed E-state index contributed by atoms with van der Waals surface area (Å²) in [5.41, 5.74) is 5.98. The maximum absolute atomic E-state index is 14.0. The monoisotopic (exact) mass is 299 g/mol. The zero-order valence-corrected chi connectivity index (χ0v) is 11.5. The predicted molar refractivity (Wildman–Crippen MR) is 70.3 cm³/mol. The molecule has 1 atom stereocenters. The van der Waals surface area contributed by atoms with Crippen molar-refractivity contribution in [2.24, 2.45) is 10.7 Å². The van der Waals surface area contributed by atoms with Crippen molar-refractivity contribution in [3.05, 3.63) is 34.1 Å². The Labute approximate surface area is 109 Å². The van der Waals surface area contributed by atoms with Crippen LogP contribution in [0.25, 0.3) is 0 Å². The van der Waals surface area contributed by atoms with E-state index in [4.69, 9.17) is 5.73 Å². The number of rotatable bonds is 2. The van der Waals surface area contributed by atoms with Crippen LogP contribution >= 0.6 is 15.9 Å². The van der Waals surface area contributed by atoms with Gasteiger partial charge in [-0.05, 0) is 26.0 Å². The van der Waals surface area contributed by atoms with Crippen molar-refractivity contribution in [2.75, 3.05) is 13.1 Å². The van der Waals surface area contributed by atoms with E-state index < -0.39 is 5.54 Å². The van der Waals surface area contributed by atoms with E-state index in [0.29, 0.717) is 24.6 Å². The lowest BCUT2D eigenvalue weighted by Gasteiger charge is -2.36. The van der Waals surface area contributed by atoms with Gasteiger partial charge in [0.25, 0.3) is 0 Å². The Kier molecular flexibility index (Phi) is 3.12. The molecule has 0 fully saturated rings. The van der Waals surface area contributed by atoms with Crippen molar-refractivity contribution < 1.29 is 4.39 Å². The maximum atomic E-state index is 14.0. The lowest BCUT2D eigenvalue weighted by molar-refractivity contribution is 0.227. The van der Waals surface area contributed by atoms with Crippen LogP contribution in [0.1, 0.15) is 19.4 Å². The molecule has 3 nitrogen and oxygen atoms in total. The van der Waals surface area contributed by atoms with Crippen molar-refractivity contribution in [1.82, 2.24) is 4.90 Å². The molecule has 0 saturated carbocycles. The predicted octanol–water partition coefficient (Wildman–Crippen LogP) is 2.45. The average molecular weight is 300 g/mol.